The first-order chi connectivity index (χ1) is 9.92. The Morgan fingerprint density at radius 1 is 1.48 bits per heavy atom. The number of hydrogen-bond donors (Lipinski definition) is 3. The van der Waals surface area contributed by atoms with Crippen LogP contribution in [-0.2, 0) is 16.3 Å². The molecule has 1 aliphatic heterocycles. The van der Waals surface area contributed by atoms with Gasteiger partial charge in [0.2, 0.25) is 0 Å². The van der Waals surface area contributed by atoms with Gasteiger partial charge in [-0.25, -0.2) is 18.4 Å². The van der Waals surface area contributed by atoms with Crippen LogP contribution < -0.4 is 5.32 Å². The third-order valence-electron chi connectivity index (χ3n) is 3.88. The van der Waals surface area contributed by atoms with Crippen LogP contribution in [0.4, 0.5) is 5.82 Å². The van der Waals surface area contributed by atoms with E-state index in [0.717, 1.165) is 23.0 Å². The molecule has 0 spiro atoms. The monoisotopic (exact) mass is 310 g/mol. The number of anilines is 1. The molecule has 1 fully saturated rings. The molecule has 0 bridgehead atoms. The van der Waals surface area contributed by atoms with Gasteiger partial charge in [0, 0.05) is 12.7 Å². The lowest BCUT2D eigenvalue weighted by atomic mass is 10.0. The van der Waals surface area contributed by atoms with Gasteiger partial charge in [-0.3, -0.25) is 0 Å². The number of aromatic nitrogens is 3. The summed E-state index contributed by atoms with van der Waals surface area (Å²) in [7, 11) is -3.13. The van der Waals surface area contributed by atoms with E-state index in [4.69, 9.17) is 0 Å². The Hall–Kier alpha value is -1.67. The summed E-state index contributed by atoms with van der Waals surface area (Å²) in [6, 6.07) is 0. The van der Waals surface area contributed by atoms with E-state index < -0.39 is 15.4 Å². The number of rotatable bonds is 4. The lowest BCUT2D eigenvalue weighted by Crippen LogP contribution is -2.38. The maximum absolute atomic E-state index is 11.5. The van der Waals surface area contributed by atoms with Crippen molar-refractivity contribution in [1.29, 1.82) is 0 Å². The first-order valence-corrected chi connectivity index (χ1v) is 8.72. The standard InChI is InChI=1S/C13H18N4O3S/c1-2-9-5-14-11-10(9)12(17-8-16-11)15-6-13(18)3-4-21(19,20)7-13/h5,8,18H,2-4,6-7H2,1H3,(H2,14,15,16,17). The Morgan fingerprint density at radius 3 is 2.95 bits per heavy atom. The van der Waals surface area contributed by atoms with Crippen molar-refractivity contribution in [3.63, 3.8) is 0 Å². The summed E-state index contributed by atoms with van der Waals surface area (Å²) in [4.78, 5) is 11.5. The lowest BCUT2D eigenvalue weighted by molar-refractivity contribution is 0.0815. The normalized spacial score (nSPS) is 24.5. The molecule has 7 nitrogen and oxygen atoms in total. The number of nitrogens with one attached hydrogen (secondary N) is 2. The highest BCUT2D eigenvalue weighted by Crippen LogP contribution is 2.27. The largest absolute Gasteiger partial charge is 0.387 e. The fourth-order valence-electron chi connectivity index (χ4n) is 2.73. The summed E-state index contributed by atoms with van der Waals surface area (Å²) < 4.78 is 23.0. The van der Waals surface area contributed by atoms with Crippen LogP contribution in [0.15, 0.2) is 12.5 Å². The van der Waals surface area contributed by atoms with Gasteiger partial charge in [0.15, 0.2) is 9.84 Å². The van der Waals surface area contributed by atoms with Gasteiger partial charge < -0.3 is 15.4 Å². The number of sulfone groups is 1. The van der Waals surface area contributed by atoms with Crippen LogP contribution in [0.3, 0.4) is 0 Å². The van der Waals surface area contributed by atoms with Gasteiger partial charge in [-0.05, 0) is 18.4 Å². The number of fused-ring (bicyclic) bond motifs is 1. The molecule has 0 aliphatic carbocycles. The van der Waals surface area contributed by atoms with Gasteiger partial charge in [0.1, 0.15) is 17.8 Å². The number of aryl methyl sites for hydroxylation is 1. The summed E-state index contributed by atoms with van der Waals surface area (Å²) in [5, 5.41) is 14.3. The molecule has 2 aromatic heterocycles. The highest BCUT2D eigenvalue weighted by molar-refractivity contribution is 7.91. The molecule has 114 valence electrons. The number of hydrogen-bond acceptors (Lipinski definition) is 6. The van der Waals surface area contributed by atoms with Crippen LogP contribution in [0.5, 0.6) is 0 Å². The molecule has 21 heavy (non-hydrogen) atoms. The van der Waals surface area contributed by atoms with E-state index in [1.165, 1.54) is 6.33 Å². The Bertz CT molecular complexity index is 771. The number of aliphatic hydroxyl groups is 1. The third-order valence-corrected chi connectivity index (χ3v) is 5.69. The Kier molecular flexibility index (Phi) is 3.37. The summed E-state index contributed by atoms with van der Waals surface area (Å²) >= 11 is 0. The van der Waals surface area contributed by atoms with Gasteiger partial charge in [-0.1, -0.05) is 6.92 Å². The van der Waals surface area contributed by atoms with E-state index in [-0.39, 0.29) is 24.5 Å². The van der Waals surface area contributed by atoms with Crippen molar-refractivity contribution in [3.05, 3.63) is 18.1 Å². The van der Waals surface area contributed by atoms with Crippen molar-refractivity contribution in [2.45, 2.75) is 25.4 Å². The Labute approximate surface area is 122 Å². The molecule has 1 saturated heterocycles. The predicted octanol–water partition coefficient (Wildman–Crippen LogP) is 0.482. The van der Waals surface area contributed by atoms with E-state index in [1.54, 1.807) is 0 Å². The lowest BCUT2D eigenvalue weighted by Gasteiger charge is -2.21. The van der Waals surface area contributed by atoms with Crippen LogP contribution in [0.2, 0.25) is 0 Å². The molecule has 3 N–H and O–H groups in total. The van der Waals surface area contributed by atoms with Gasteiger partial charge in [-0.2, -0.15) is 0 Å². The zero-order valence-corrected chi connectivity index (χ0v) is 12.6. The Morgan fingerprint density at radius 2 is 2.29 bits per heavy atom. The summed E-state index contributed by atoms with van der Waals surface area (Å²) in [5.41, 5.74) is 0.591. The zero-order chi connectivity index (χ0) is 15.1. The van der Waals surface area contributed by atoms with Crippen molar-refractivity contribution in [2.24, 2.45) is 0 Å². The molecular weight excluding hydrogens is 292 g/mol. The van der Waals surface area contributed by atoms with Crippen molar-refractivity contribution in [2.75, 3.05) is 23.4 Å². The first kappa shape index (κ1) is 14.3. The van der Waals surface area contributed by atoms with Crippen LogP contribution in [-0.4, -0.2) is 52.1 Å². The minimum absolute atomic E-state index is 0.0364. The minimum Gasteiger partial charge on any atom is -0.387 e. The second-order valence-corrected chi connectivity index (χ2v) is 7.72. The van der Waals surface area contributed by atoms with Crippen LogP contribution in [0.1, 0.15) is 18.9 Å². The molecule has 8 heteroatoms. The maximum atomic E-state index is 11.5. The van der Waals surface area contributed by atoms with Gasteiger partial charge in [-0.15, -0.1) is 0 Å². The topological polar surface area (TPSA) is 108 Å². The molecule has 1 atom stereocenters. The molecule has 3 rings (SSSR count). The highest BCUT2D eigenvalue weighted by Gasteiger charge is 2.40. The first-order valence-electron chi connectivity index (χ1n) is 6.90. The summed E-state index contributed by atoms with van der Waals surface area (Å²) in [6.45, 7) is 2.20. The van der Waals surface area contributed by atoms with Gasteiger partial charge in [0.05, 0.1) is 22.5 Å². The summed E-state index contributed by atoms with van der Waals surface area (Å²) in [6.07, 6.45) is 4.42. The van der Waals surface area contributed by atoms with E-state index >= 15 is 0 Å². The van der Waals surface area contributed by atoms with Crippen LogP contribution in [0, 0.1) is 0 Å². The number of H-pyrrole nitrogens is 1. The second-order valence-electron chi connectivity index (χ2n) is 5.53. The number of nitrogens with zero attached hydrogens (tertiary/aromatic N) is 2. The molecule has 1 unspecified atom stereocenters. The smallest absolute Gasteiger partial charge is 0.153 e. The molecule has 2 aromatic rings. The molecule has 0 amide bonds. The average Bonchev–Trinajstić information content (AvgIpc) is 2.98. The van der Waals surface area contributed by atoms with E-state index in [2.05, 4.69) is 20.3 Å². The zero-order valence-electron chi connectivity index (χ0n) is 11.8. The third kappa shape index (κ3) is 2.73. The molecule has 0 saturated carbocycles. The van der Waals surface area contributed by atoms with Crippen molar-refractivity contribution < 1.29 is 13.5 Å². The molecule has 3 heterocycles. The predicted molar refractivity (Wildman–Crippen MR) is 80.0 cm³/mol. The maximum Gasteiger partial charge on any atom is 0.153 e. The molecular formula is C13H18N4O3S. The SMILES string of the molecule is CCc1c[nH]c2ncnc(NCC3(O)CCS(=O)(=O)C3)c12. The second kappa shape index (κ2) is 4.96. The summed E-state index contributed by atoms with van der Waals surface area (Å²) in [5.74, 6) is 0.458. The minimum atomic E-state index is -3.13. The van der Waals surface area contributed by atoms with Crippen molar-refractivity contribution >= 4 is 26.7 Å². The average molecular weight is 310 g/mol. The van der Waals surface area contributed by atoms with Crippen molar-refractivity contribution in [3.8, 4) is 0 Å². The fourth-order valence-corrected chi connectivity index (χ4v) is 4.63. The van der Waals surface area contributed by atoms with E-state index in [1.807, 2.05) is 13.1 Å². The van der Waals surface area contributed by atoms with Gasteiger partial charge >= 0.3 is 0 Å². The van der Waals surface area contributed by atoms with E-state index in [0.29, 0.717) is 5.82 Å². The highest BCUT2D eigenvalue weighted by atomic mass is 32.2. The van der Waals surface area contributed by atoms with E-state index in [9.17, 15) is 13.5 Å². The molecule has 0 aromatic carbocycles. The van der Waals surface area contributed by atoms with Crippen LogP contribution in [0.25, 0.3) is 11.0 Å². The van der Waals surface area contributed by atoms with Crippen molar-refractivity contribution in [1.82, 2.24) is 15.0 Å². The molecule has 1 aliphatic rings. The number of aromatic amines is 1. The van der Waals surface area contributed by atoms with Gasteiger partial charge in [0.25, 0.3) is 0 Å². The van der Waals surface area contributed by atoms with Crippen LogP contribution >= 0.6 is 0 Å². The quantitative estimate of drug-likeness (QED) is 0.758. The molecule has 0 radical (unpaired) electrons. The Balaban J connectivity index is 1.84. The fraction of sp³-hybridized carbons (Fsp3) is 0.538.